The van der Waals surface area contributed by atoms with Crippen molar-refractivity contribution in [1.82, 2.24) is 14.5 Å². The lowest BCUT2D eigenvalue weighted by molar-refractivity contribution is 0.00578. The number of aromatic nitrogens is 3. The summed E-state index contributed by atoms with van der Waals surface area (Å²) in [6, 6.07) is 5.77. The van der Waals surface area contributed by atoms with Crippen molar-refractivity contribution >= 4 is 28.6 Å². The highest BCUT2D eigenvalue weighted by molar-refractivity contribution is 9.10. The molecule has 2 aromatic rings. The van der Waals surface area contributed by atoms with Crippen LogP contribution in [0, 0.1) is 0 Å². The number of pyridine rings is 1. The first-order chi connectivity index (χ1) is 9.78. The maximum Gasteiger partial charge on any atom is 0.514 e. The smallest absolute Gasteiger partial charge is 0.398 e. The van der Waals surface area contributed by atoms with E-state index in [1.165, 1.54) is 0 Å². The van der Waals surface area contributed by atoms with E-state index >= 15 is 0 Å². The molecule has 0 N–H and O–H groups in total. The largest absolute Gasteiger partial charge is 0.514 e. The fraction of sp³-hybridized carbons (Fsp3) is 0.429. The standard InChI is InChI=1S/C14H17BBrN3O2/c1-13(2)14(3,4)21-15(20-13)10-6-5-7-12(18-10)19-8-11(16)17-9-19/h5-9H,1-4H3. The molecular weight excluding hydrogens is 333 g/mol. The second-order valence-corrected chi connectivity index (χ2v) is 6.93. The van der Waals surface area contributed by atoms with E-state index in [2.05, 4.69) is 25.9 Å². The van der Waals surface area contributed by atoms with Gasteiger partial charge in [-0.2, -0.15) is 0 Å². The minimum Gasteiger partial charge on any atom is -0.398 e. The second-order valence-electron chi connectivity index (χ2n) is 6.11. The first-order valence-corrected chi connectivity index (χ1v) is 7.60. The van der Waals surface area contributed by atoms with Crippen molar-refractivity contribution in [3.8, 4) is 5.82 Å². The molecule has 0 aliphatic carbocycles. The quantitative estimate of drug-likeness (QED) is 0.781. The Bertz CT molecular complexity index is 656. The molecule has 0 saturated carbocycles. The van der Waals surface area contributed by atoms with Crippen LogP contribution in [-0.4, -0.2) is 32.9 Å². The first kappa shape index (κ1) is 14.7. The van der Waals surface area contributed by atoms with E-state index in [1.807, 2.05) is 56.7 Å². The Kier molecular flexibility index (Phi) is 3.46. The van der Waals surface area contributed by atoms with Gasteiger partial charge in [0.2, 0.25) is 0 Å². The fourth-order valence-corrected chi connectivity index (χ4v) is 2.41. The Hall–Kier alpha value is -1.18. The second kappa shape index (κ2) is 4.93. The molecule has 5 nitrogen and oxygen atoms in total. The summed E-state index contributed by atoms with van der Waals surface area (Å²) in [6.07, 6.45) is 3.57. The fourth-order valence-electron chi connectivity index (χ4n) is 2.10. The van der Waals surface area contributed by atoms with Crippen LogP contribution in [0.5, 0.6) is 0 Å². The molecule has 1 saturated heterocycles. The third-order valence-electron chi connectivity index (χ3n) is 4.07. The van der Waals surface area contributed by atoms with Gasteiger partial charge < -0.3 is 9.31 Å². The van der Waals surface area contributed by atoms with E-state index in [-0.39, 0.29) is 11.2 Å². The van der Waals surface area contributed by atoms with Gasteiger partial charge in [0.25, 0.3) is 0 Å². The number of halogens is 1. The lowest BCUT2D eigenvalue weighted by Gasteiger charge is -2.32. The first-order valence-electron chi connectivity index (χ1n) is 6.81. The van der Waals surface area contributed by atoms with Crippen LogP contribution in [0.2, 0.25) is 0 Å². The molecular formula is C14H17BBrN3O2. The van der Waals surface area contributed by atoms with Gasteiger partial charge in [-0.1, -0.05) is 6.07 Å². The van der Waals surface area contributed by atoms with E-state index < -0.39 is 7.12 Å². The van der Waals surface area contributed by atoms with Crippen LogP contribution in [0.1, 0.15) is 27.7 Å². The molecule has 110 valence electrons. The van der Waals surface area contributed by atoms with Gasteiger partial charge in [-0.3, -0.25) is 4.57 Å². The molecule has 7 heteroatoms. The lowest BCUT2D eigenvalue weighted by atomic mass is 9.84. The summed E-state index contributed by atoms with van der Waals surface area (Å²) in [5.74, 6) is 0.778. The van der Waals surface area contributed by atoms with Crippen LogP contribution in [0.3, 0.4) is 0 Å². The third kappa shape index (κ3) is 2.65. The molecule has 3 rings (SSSR count). The summed E-state index contributed by atoms with van der Waals surface area (Å²) in [5, 5.41) is 0. The molecule has 0 amide bonds. The molecule has 0 atom stereocenters. The Morgan fingerprint density at radius 1 is 1.14 bits per heavy atom. The molecule has 3 heterocycles. The summed E-state index contributed by atoms with van der Waals surface area (Å²) in [6.45, 7) is 8.13. The third-order valence-corrected chi connectivity index (χ3v) is 4.48. The summed E-state index contributed by atoms with van der Waals surface area (Å²) >= 11 is 3.33. The molecule has 2 aromatic heterocycles. The average molecular weight is 350 g/mol. The van der Waals surface area contributed by atoms with Gasteiger partial charge in [0.05, 0.1) is 16.8 Å². The Morgan fingerprint density at radius 2 is 1.81 bits per heavy atom. The van der Waals surface area contributed by atoms with Crippen LogP contribution in [0.15, 0.2) is 35.3 Å². The zero-order valence-corrected chi connectivity index (χ0v) is 14.1. The van der Waals surface area contributed by atoms with Crippen molar-refractivity contribution in [2.45, 2.75) is 38.9 Å². The average Bonchev–Trinajstić information content (AvgIpc) is 2.92. The molecule has 1 fully saturated rings. The molecule has 0 radical (unpaired) electrons. The molecule has 0 bridgehead atoms. The van der Waals surface area contributed by atoms with Crippen molar-refractivity contribution in [2.24, 2.45) is 0 Å². The number of rotatable bonds is 2. The van der Waals surface area contributed by atoms with Gasteiger partial charge in [0.15, 0.2) is 0 Å². The van der Waals surface area contributed by atoms with Crippen molar-refractivity contribution in [2.75, 3.05) is 0 Å². The Balaban J connectivity index is 1.91. The Morgan fingerprint density at radius 3 is 2.38 bits per heavy atom. The minimum atomic E-state index is -0.457. The molecule has 1 aliphatic rings. The molecule has 21 heavy (non-hydrogen) atoms. The van der Waals surface area contributed by atoms with E-state index in [9.17, 15) is 0 Å². The predicted octanol–water partition coefficient (Wildman–Crippen LogP) is 2.33. The summed E-state index contributed by atoms with van der Waals surface area (Å²) in [7, 11) is -0.457. The molecule has 1 aliphatic heterocycles. The summed E-state index contributed by atoms with van der Waals surface area (Å²) in [4.78, 5) is 8.77. The van der Waals surface area contributed by atoms with Crippen LogP contribution < -0.4 is 5.59 Å². The minimum absolute atomic E-state index is 0.368. The number of hydrogen-bond donors (Lipinski definition) is 0. The SMILES string of the molecule is CC1(C)OB(c2cccc(-n3cnc(Br)c3)n2)OC1(C)C. The monoisotopic (exact) mass is 349 g/mol. The predicted molar refractivity (Wildman–Crippen MR) is 84.8 cm³/mol. The summed E-state index contributed by atoms with van der Waals surface area (Å²) in [5.41, 5.74) is 0.0248. The van der Waals surface area contributed by atoms with E-state index in [0.29, 0.717) is 0 Å². The normalized spacial score (nSPS) is 20.0. The summed E-state index contributed by atoms with van der Waals surface area (Å²) < 4.78 is 14.7. The van der Waals surface area contributed by atoms with Gasteiger partial charge in [0.1, 0.15) is 16.7 Å². The maximum atomic E-state index is 6.03. The van der Waals surface area contributed by atoms with E-state index in [0.717, 1.165) is 16.0 Å². The highest BCUT2D eigenvalue weighted by Crippen LogP contribution is 2.36. The lowest BCUT2D eigenvalue weighted by Crippen LogP contribution is -2.41. The maximum absolute atomic E-state index is 6.03. The number of hydrogen-bond acceptors (Lipinski definition) is 4. The molecule has 0 spiro atoms. The molecule has 0 aromatic carbocycles. The van der Waals surface area contributed by atoms with Gasteiger partial charge in [-0.15, -0.1) is 0 Å². The van der Waals surface area contributed by atoms with Crippen molar-refractivity contribution in [1.29, 1.82) is 0 Å². The number of imidazole rings is 1. The van der Waals surface area contributed by atoms with Crippen molar-refractivity contribution in [3.05, 3.63) is 35.3 Å². The van der Waals surface area contributed by atoms with Crippen molar-refractivity contribution in [3.63, 3.8) is 0 Å². The topological polar surface area (TPSA) is 49.2 Å². The van der Waals surface area contributed by atoms with E-state index in [4.69, 9.17) is 9.31 Å². The Labute approximate surface area is 133 Å². The van der Waals surface area contributed by atoms with Crippen LogP contribution in [0.4, 0.5) is 0 Å². The zero-order valence-electron chi connectivity index (χ0n) is 12.5. The van der Waals surface area contributed by atoms with Gasteiger partial charge >= 0.3 is 7.12 Å². The number of nitrogens with zero attached hydrogens (tertiary/aromatic N) is 3. The van der Waals surface area contributed by atoms with Crippen LogP contribution in [-0.2, 0) is 9.31 Å². The zero-order chi connectivity index (χ0) is 15.3. The highest BCUT2D eigenvalue weighted by Gasteiger charge is 2.52. The van der Waals surface area contributed by atoms with Gasteiger partial charge in [-0.05, 0) is 55.8 Å². The van der Waals surface area contributed by atoms with Gasteiger partial charge in [-0.25, -0.2) is 9.97 Å². The van der Waals surface area contributed by atoms with Crippen LogP contribution in [0.25, 0.3) is 5.82 Å². The van der Waals surface area contributed by atoms with Crippen molar-refractivity contribution < 1.29 is 9.31 Å². The molecule has 0 unspecified atom stereocenters. The highest BCUT2D eigenvalue weighted by atomic mass is 79.9. The van der Waals surface area contributed by atoms with E-state index in [1.54, 1.807) is 6.33 Å². The van der Waals surface area contributed by atoms with Gasteiger partial charge in [0, 0.05) is 6.20 Å². The van der Waals surface area contributed by atoms with Crippen LogP contribution >= 0.6 is 15.9 Å².